The van der Waals surface area contributed by atoms with Gasteiger partial charge in [-0.15, -0.1) is 0 Å². The highest BCUT2D eigenvalue weighted by molar-refractivity contribution is 5.88. The summed E-state index contributed by atoms with van der Waals surface area (Å²) < 4.78 is 3.62. The van der Waals surface area contributed by atoms with Gasteiger partial charge in [-0.25, -0.2) is 4.68 Å². The number of aromatic nitrogens is 3. The summed E-state index contributed by atoms with van der Waals surface area (Å²) in [5, 5.41) is 10.0. The normalized spacial score (nSPS) is 11.4. The first-order chi connectivity index (χ1) is 14.5. The maximum absolute atomic E-state index is 12.7. The maximum Gasteiger partial charge on any atom is 0.274 e. The van der Waals surface area contributed by atoms with Crippen LogP contribution in [0.3, 0.4) is 0 Å². The van der Waals surface area contributed by atoms with Crippen LogP contribution < -0.4 is 10.9 Å². The van der Waals surface area contributed by atoms with Crippen molar-refractivity contribution >= 4 is 27.6 Å². The molecule has 6 heteroatoms. The van der Waals surface area contributed by atoms with Crippen molar-refractivity contribution in [1.82, 2.24) is 19.7 Å². The number of hydrogen-bond donors (Lipinski definition) is 1. The van der Waals surface area contributed by atoms with Gasteiger partial charge < -0.3 is 9.88 Å². The van der Waals surface area contributed by atoms with Crippen molar-refractivity contribution in [3.05, 3.63) is 76.8 Å². The molecule has 2 aromatic heterocycles. The van der Waals surface area contributed by atoms with E-state index in [1.165, 1.54) is 10.1 Å². The first-order valence-corrected chi connectivity index (χ1v) is 10.3. The minimum Gasteiger partial charge on any atom is -0.354 e. The molecule has 30 heavy (non-hydrogen) atoms. The molecule has 4 rings (SSSR count). The van der Waals surface area contributed by atoms with E-state index in [2.05, 4.69) is 33.2 Å². The zero-order chi connectivity index (χ0) is 21.1. The van der Waals surface area contributed by atoms with Crippen molar-refractivity contribution in [3.63, 3.8) is 0 Å². The molecule has 0 saturated carbocycles. The molecule has 6 nitrogen and oxygen atoms in total. The Labute approximate surface area is 175 Å². The summed E-state index contributed by atoms with van der Waals surface area (Å²) in [5.74, 6) is 0.188. The molecule has 1 N–H and O–H groups in total. The van der Waals surface area contributed by atoms with Crippen LogP contribution in [-0.2, 0) is 24.3 Å². The van der Waals surface area contributed by atoms with Crippen LogP contribution >= 0.6 is 0 Å². The van der Waals surface area contributed by atoms with Gasteiger partial charge in [0.2, 0.25) is 5.91 Å². The van der Waals surface area contributed by atoms with Crippen LogP contribution in [0.1, 0.15) is 19.5 Å². The Kier molecular flexibility index (Phi) is 5.65. The number of amides is 1. The Bertz CT molecular complexity index is 1250. The first kappa shape index (κ1) is 19.9. The molecule has 4 aromatic rings. The van der Waals surface area contributed by atoms with Crippen LogP contribution in [0.15, 0.2) is 65.6 Å². The predicted molar refractivity (Wildman–Crippen MR) is 119 cm³/mol. The molecule has 0 fully saturated rings. The third-order valence-electron chi connectivity index (χ3n) is 5.17. The number of fused-ring (bicyclic) bond motifs is 2. The van der Waals surface area contributed by atoms with Gasteiger partial charge in [0.15, 0.2) is 0 Å². The quantitative estimate of drug-likeness (QED) is 0.515. The lowest BCUT2D eigenvalue weighted by Gasteiger charge is -2.13. The Balaban J connectivity index is 1.48. The zero-order valence-corrected chi connectivity index (χ0v) is 17.3. The van der Waals surface area contributed by atoms with Crippen molar-refractivity contribution in [2.75, 3.05) is 6.54 Å². The SMILES string of the molecule is CC(C)Cn1nc(CC(=O)NCCn2ccc3ccccc32)c2ccccc2c1=O. The van der Waals surface area contributed by atoms with Crippen molar-refractivity contribution < 1.29 is 4.79 Å². The van der Waals surface area contributed by atoms with E-state index in [-0.39, 0.29) is 23.8 Å². The van der Waals surface area contributed by atoms with E-state index in [1.807, 2.05) is 50.4 Å². The first-order valence-electron chi connectivity index (χ1n) is 10.3. The van der Waals surface area contributed by atoms with Gasteiger partial charge in [-0.05, 0) is 29.5 Å². The number of carbonyl (C=O) groups is 1. The third kappa shape index (κ3) is 4.13. The van der Waals surface area contributed by atoms with Crippen LogP contribution in [-0.4, -0.2) is 26.8 Å². The molecular formula is C24H26N4O2. The molecule has 0 aliphatic carbocycles. The highest BCUT2D eigenvalue weighted by Gasteiger charge is 2.14. The van der Waals surface area contributed by atoms with Crippen LogP contribution in [0.5, 0.6) is 0 Å². The molecule has 154 valence electrons. The molecule has 0 atom stereocenters. The van der Waals surface area contributed by atoms with Gasteiger partial charge in [0.1, 0.15) is 0 Å². The van der Waals surface area contributed by atoms with E-state index in [0.29, 0.717) is 30.7 Å². The van der Waals surface area contributed by atoms with Crippen molar-refractivity contribution in [2.24, 2.45) is 5.92 Å². The third-order valence-corrected chi connectivity index (χ3v) is 5.17. The zero-order valence-electron chi connectivity index (χ0n) is 17.3. The number of carbonyl (C=O) groups excluding carboxylic acids is 1. The van der Waals surface area contributed by atoms with Gasteiger partial charge in [-0.3, -0.25) is 9.59 Å². The van der Waals surface area contributed by atoms with Gasteiger partial charge in [0.05, 0.1) is 17.5 Å². The Morgan fingerprint density at radius 3 is 2.57 bits per heavy atom. The lowest BCUT2D eigenvalue weighted by molar-refractivity contribution is -0.120. The molecule has 2 aromatic carbocycles. The largest absolute Gasteiger partial charge is 0.354 e. The Hall–Kier alpha value is -3.41. The summed E-state index contributed by atoms with van der Waals surface area (Å²) in [4.78, 5) is 25.3. The molecule has 0 aliphatic rings. The van der Waals surface area contributed by atoms with Gasteiger partial charge in [-0.1, -0.05) is 50.2 Å². The number of benzene rings is 2. The highest BCUT2D eigenvalue weighted by atomic mass is 16.1. The number of nitrogens with zero attached hydrogens (tertiary/aromatic N) is 3. The summed E-state index contributed by atoms with van der Waals surface area (Å²) in [5.41, 5.74) is 1.68. The molecule has 0 aliphatic heterocycles. The molecule has 0 spiro atoms. The van der Waals surface area contributed by atoms with Gasteiger partial charge in [-0.2, -0.15) is 5.10 Å². The van der Waals surface area contributed by atoms with Crippen molar-refractivity contribution in [3.8, 4) is 0 Å². The van der Waals surface area contributed by atoms with Crippen LogP contribution in [0.25, 0.3) is 21.7 Å². The average molecular weight is 402 g/mol. The predicted octanol–water partition coefficient (Wildman–Crippen LogP) is 3.37. The molecule has 0 saturated heterocycles. The van der Waals surface area contributed by atoms with E-state index >= 15 is 0 Å². The lowest BCUT2D eigenvalue weighted by Crippen LogP contribution is -2.31. The molecule has 0 bridgehead atoms. The van der Waals surface area contributed by atoms with E-state index in [0.717, 1.165) is 10.9 Å². The van der Waals surface area contributed by atoms with E-state index in [1.54, 1.807) is 6.07 Å². The Morgan fingerprint density at radius 1 is 1.03 bits per heavy atom. The number of nitrogens with one attached hydrogen (secondary N) is 1. The van der Waals surface area contributed by atoms with E-state index in [9.17, 15) is 9.59 Å². The smallest absolute Gasteiger partial charge is 0.274 e. The molecular weight excluding hydrogens is 376 g/mol. The fourth-order valence-electron chi connectivity index (χ4n) is 3.77. The molecule has 0 radical (unpaired) electrons. The monoisotopic (exact) mass is 402 g/mol. The van der Waals surface area contributed by atoms with Gasteiger partial charge in [0.25, 0.3) is 5.56 Å². The standard InChI is InChI=1S/C24H26N4O2/c1-17(2)16-28-24(30)20-9-5-4-8-19(20)21(26-28)15-23(29)25-12-14-27-13-11-18-7-3-6-10-22(18)27/h3-11,13,17H,12,14-16H2,1-2H3,(H,25,29). The van der Waals surface area contributed by atoms with Crippen molar-refractivity contribution in [1.29, 1.82) is 0 Å². The minimum absolute atomic E-state index is 0.0983. The second kappa shape index (κ2) is 8.53. The van der Waals surface area contributed by atoms with Gasteiger partial charge >= 0.3 is 0 Å². The summed E-state index contributed by atoms with van der Waals surface area (Å²) in [7, 11) is 0. The summed E-state index contributed by atoms with van der Waals surface area (Å²) in [6, 6.07) is 17.6. The molecule has 1 amide bonds. The fraction of sp³-hybridized carbons (Fsp3) is 0.292. The summed E-state index contributed by atoms with van der Waals surface area (Å²) in [6.07, 6.45) is 2.18. The second-order valence-electron chi connectivity index (χ2n) is 7.97. The summed E-state index contributed by atoms with van der Waals surface area (Å²) in [6.45, 7) is 5.83. The average Bonchev–Trinajstić information content (AvgIpc) is 3.14. The second-order valence-corrected chi connectivity index (χ2v) is 7.97. The van der Waals surface area contributed by atoms with Crippen LogP contribution in [0, 0.1) is 5.92 Å². The van der Waals surface area contributed by atoms with Crippen LogP contribution in [0.2, 0.25) is 0 Å². The number of para-hydroxylation sites is 1. The maximum atomic E-state index is 12.7. The molecule has 2 heterocycles. The number of hydrogen-bond acceptors (Lipinski definition) is 3. The van der Waals surface area contributed by atoms with E-state index in [4.69, 9.17) is 0 Å². The topological polar surface area (TPSA) is 68.9 Å². The summed E-state index contributed by atoms with van der Waals surface area (Å²) >= 11 is 0. The highest BCUT2D eigenvalue weighted by Crippen LogP contribution is 2.15. The van der Waals surface area contributed by atoms with Crippen molar-refractivity contribution in [2.45, 2.75) is 33.4 Å². The minimum atomic E-state index is -0.108. The molecule has 0 unspecified atom stereocenters. The fourth-order valence-corrected chi connectivity index (χ4v) is 3.77. The van der Waals surface area contributed by atoms with Gasteiger partial charge in [0, 0.05) is 36.7 Å². The Morgan fingerprint density at radius 2 is 1.77 bits per heavy atom. The van der Waals surface area contributed by atoms with Crippen LogP contribution in [0.4, 0.5) is 0 Å². The number of rotatable bonds is 7. The van der Waals surface area contributed by atoms with E-state index < -0.39 is 0 Å². The lowest BCUT2D eigenvalue weighted by atomic mass is 10.1.